The minimum Gasteiger partial charge on any atom is -0.441 e. The highest BCUT2D eigenvalue weighted by atomic mass is 16.3. The van der Waals surface area contributed by atoms with Crippen molar-refractivity contribution >= 4 is 16.8 Å². The van der Waals surface area contributed by atoms with Crippen molar-refractivity contribution in [3.05, 3.63) is 24.1 Å². The first-order chi connectivity index (χ1) is 7.08. The van der Waals surface area contributed by atoms with Gasteiger partial charge in [-0.2, -0.15) is 0 Å². The van der Waals surface area contributed by atoms with Gasteiger partial charge in [-0.05, 0) is 26.0 Å². The van der Waals surface area contributed by atoms with Crippen LogP contribution in [0.15, 0.2) is 22.6 Å². The average molecular weight is 204 g/mol. The molecule has 0 amide bonds. The molecule has 0 bridgehead atoms. The Morgan fingerprint density at radius 1 is 1.33 bits per heavy atom. The van der Waals surface area contributed by atoms with Crippen molar-refractivity contribution in [3.63, 3.8) is 0 Å². The largest absolute Gasteiger partial charge is 0.441 e. The van der Waals surface area contributed by atoms with Crippen molar-refractivity contribution < 1.29 is 4.42 Å². The zero-order valence-corrected chi connectivity index (χ0v) is 9.61. The Kier molecular flexibility index (Phi) is 2.39. The lowest BCUT2D eigenvalue weighted by molar-refractivity contribution is 0.561. The molecule has 0 aliphatic heterocycles. The average Bonchev–Trinajstić information content (AvgIpc) is 2.55. The van der Waals surface area contributed by atoms with E-state index in [4.69, 9.17) is 4.42 Å². The summed E-state index contributed by atoms with van der Waals surface area (Å²) in [6.07, 6.45) is 0. The van der Waals surface area contributed by atoms with Crippen LogP contribution in [0.5, 0.6) is 0 Å². The molecule has 3 heteroatoms. The van der Waals surface area contributed by atoms with Gasteiger partial charge in [0.15, 0.2) is 11.5 Å². The number of nitrogens with zero attached hydrogens (tertiary/aromatic N) is 2. The van der Waals surface area contributed by atoms with E-state index < -0.39 is 0 Å². The van der Waals surface area contributed by atoms with E-state index in [2.05, 4.69) is 36.8 Å². The van der Waals surface area contributed by atoms with Gasteiger partial charge in [0.1, 0.15) is 5.52 Å². The van der Waals surface area contributed by atoms with Gasteiger partial charge in [-0.25, -0.2) is 4.98 Å². The standard InChI is InChI=1S/C12H16N2O/c1-8(2)14(4)10-5-6-11-12(7-10)15-9(3)13-11/h5-8H,1-4H3. The third-order valence-corrected chi connectivity index (χ3v) is 2.66. The molecule has 1 heterocycles. The van der Waals surface area contributed by atoms with Crippen molar-refractivity contribution in [1.29, 1.82) is 0 Å². The summed E-state index contributed by atoms with van der Waals surface area (Å²) in [5.74, 6) is 0.717. The number of anilines is 1. The number of rotatable bonds is 2. The molecular formula is C12H16N2O. The minimum atomic E-state index is 0.478. The van der Waals surface area contributed by atoms with Crippen molar-refractivity contribution in [2.45, 2.75) is 26.8 Å². The quantitative estimate of drug-likeness (QED) is 0.753. The molecule has 0 aliphatic carbocycles. The first-order valence-electron chi connectivity index (χ1n) is 5.18. The van der Waals surface area contributed by atoms with E-state index in [9.17, 15) is 0 Å². The Labute approximate surface area is 89.7 Å². The lowest BCUT2D eigenvalue weighted by atomic mass is 10.2. The third-order valence-electron chi connectivity index (χ3n) is 2.66. The van der Waals surface area contributed by atoms with E-state index in [0.717, 1.165) is 16.8 Å². The monoisotopic (exact) mass is 204 g/mol. The molecule has 0 saturated carbocycles. The van der Waals surface area contributed by atoms with Crippen molar-refractivity contribution in [1.82, 2.24) is 4.98 Å². The van der Waals surface area contributed by atoms with Crippen LogP contribution in [0.3, 0.4) is 0 Å². The van der Waals surface area contributed by atoms with Crippen molar-refractivity contribution in [3.8, 4) is 0 Å². The zero-order chi connectivity index (χ0) is 11.0. The summed E-state index contributed by atoms with van der Waals surface area (Å²) in [5, 5.41) is 0. The topological polar surface area (TPSA) is 29.3 Å². The summed E-state index contributed by atoms with van der Waals surface area (Å²) in [5.41, 5.74) is 2.94. The fourth-order valence-electron chi connectivity index (χ4n) is 1.55. The van der Waals surface area contributed by atoms with Gasteiger partial charge in [0.2, 0.25) is 0 Å². The fraction of sp³-hybridized carbons (Fsp3) is 0.417. The number of aryl methyl sites for hydroxylation is 1. The van der Waals surface area contributed by atoms with E-state index in [-0.39, 0.29) is 0 Å². The van der Waals surface area contributed by atoms with Gasteiger partial charge in [0, 0.05) is 31.8 Å². The van der Waals surface area contributed by atoms with Gasteiger partial charge in [0.05, 0.1) is 0 Å². The summed E-state index contributed by atoms with van der Waals surface area (Å²) in [6.45, 7) is 6.19. The van der Waals surface area contributed by atoms with Crippen molar-refractivity contribution in [2.75, 3.05) is 11.9 Å². The lowest BCUT2D eigenvalue weighted by Crippen LogP contribution is -2.25. The normalized spacial score (nSPS) is 11.3. The van der Waals surface area contributed by atoms with Gasteiger partial charge < -0.3 is 9.32 Å². The Hall–Kier alpha value is -1.51. The molecule has 0 unspecified atom stereocenters. The van der Waals surface area contributed by atoms with Crippen LogP contribution in [0.2, 0.25) is 0 Å². The fourth-order valence-corrected chi connectivity index (χ4v) is 1.55. The molecule has 15 heavy (non-hydrogen) atoms. The summed E-state index contributed by atoms with van der Waals surface area (Å²) in [7, 11) is 2.08. The van der Waals surface area contributed by atoms with Crippen LogP contribution in [0, 0.1) is 6.92 Å². The summed E-state index contributed by atoms with van der Waals surface area (Å²) in [4.78, 5) is 6.48. The van der Waals surface area contributed by atoms with E-state index in [1.807, 2.05) is 19.1 Å². The molecule has 0 fully saturated rings. The molecule has 0 atom stereocenters. The maximum Gasteiger partial charge on any atom is 0.192 e. The first kappa shape index (κ1) is 10.0. The second-order valence-electron chi connectivity index (χ2n) is 4.09. The highest BCUT2D eigenvalue weighted by molar-refractivity contribution is 5.77. The van der Waals surface area contributed by atoms with Crippen LogP contribution in [-0.2, 0) is 0 Å². The van der Waals surface area contributed by atoms with E-state index in [1.165, 1.54) is 0 Å². The molecule has 1 aromatic heterocycles. The maximum absolute atomic E-state index is 5.50. The van der Waals surface area contributed by atoms with E-state index in [0.29, 0.717) is 11.9 Å². The van der Waals surface area contributed by atoms with Crippen LogP contribution >= 0.6 is 0 Å². The maximum atomic E-state index is 5.50. The van der Waals surface area contributed by atoms with Gasteiger partial charge in [0.25, 0.3) is 0 Å². The van der Waals surface area contributed by atoms with Crippen molar-refractivity contribution in [2.24, 2.45) is 0 Å². The van der Waals surface area contributed by atoms with Crippen LogP contribution in [0.4, 0.5) is 5.69 Å². The molecule has 2 aromatic rings. The van der Waals surface area contributed by atoms with Crippen LogP contribution in [-0.4, -0.2) is 18.1 Å². The number of aromatic nitrogens is 1. The molecular weight excluding hydrogens is 188 g/mol. The predicted octanol–water partition coefficient (Wildman–Crippen LogP) is 2.98. The Balaban J connectivity index is 2.46. The van der Waals surface area contributed by atoms with Gasteiger partial charge in [-0.1, -0.05) is 0 Å². The highest BCUT2D eigenvalue weighted by Crippen LogP contribution is 2.22. The van der Waals surface area contributed by atoms with Crippen LogP contribution in [0.25, 0.3) is 11.1 Å². The molecule has 0 spiro atoms. The lowest BCUT2D eigenvalue weighted by Gasteiger charge is -2.23. The number of fused-ring (bicyclic) bond motifs is 1. The summed E-state index contributed by atoms with van der Waals surface area (Å²) >= 11 is 0. The summed E-state index contributed by atoms with van der Waals surface area (Å²) in [6, 6.07) is 6.59. The minimum absolute atomic E-state index is 0.478. The molecule has 0 N–H and O–H groups in total. The predicted molar refractivity (Wildman–Crippen MR) is 62.3 cm³/mol. The number of hydrogen-bond acceptors (Lipinski definition) is 3. The number of hydrogen-bond donors (Lipinski definition) is 0. The van der Waals surface area contributed by atoms with Gasteiger partial charge >= 0.3 is 0 Å². The molecule has 0 saturated heterocycles. The zero-order valence-electron chi connectivity index (χ0n) is 9.61. The highest BCUT2D eigenvalue weighted by Gasteiger charge is 2.08. The second kappa shape index (κ2) is 3.57. The molecule has 2 rings (SSSR count). The van der Waals surface area contributed by atoms with Crippen LogP contribution in [0.1, 0.15) is 19.7 Å². The number of oxazole rings is 1. The SMILES string of the molecule is Cc1nc2ccc(N(C)C(C)C)cc2o1. The molecule has 0 radical (unpaired) electrons. The molecule has 1 aromatic carbocycles. The number of benzene rings is 1. The van der Waals surface area contributed by atoms with Gasteiger partial charge in [-0.3, -0.25) is 0 Å². The summed E-state index contributed by atoms with van der Waals surface area (Å²) < 4.78 is 5.50. The second-order valence-corrected chi connectivity index (χ2v) is 4.09. The van der Waals surface area contributed by atoms with Crippen LogP contribution < -0.4 is 4.90 Å². The molecule has 80 valence electrons. The third kappa shape index (κ3) is 1.82. The Morgan fingerprint density at radius 2 is 2.07 bits per heavy atom. The molecule has 0 aliphatic rings. The molecule has 3 nitrogen and oxygen atoms in total. The Bertz CT molecular complexity index is 473. The first-order valence-corrected chi connectivity index (χ1v) is 5.18. The van der Waals surface area contributed by atoms with E-state index in [1.54, 1.807) is 0 Å². The smallest absolute Gasteiger partial charge is 0.192 e. The van der Waals surface area contributed by atoms with Gasteiger partial charge in [-0.15, -0.1) is 0 Å². The van der Waals surface area contributed by atoms with E-state index >= 15 is 0 Å². The Morgan fingerprint density at radius 3 is 2.73 bits per heavy atom.